The smallest absolute Gasteiger partial charge is 0.306 e. The number of esters is 1. The van der Waals surface area contributed by atoms with Crippen LogP contribution in [0.15, 0.2) is 0 Å². The molecule has 1 radical (unpaired) electrons. The van der Waals surface area contributed by atoms with Gasteiger partial charge in [-0.15, -0.1) is 0 Å². The van der Waals surface area contributed by atoms with Crippen molar-refractivity contribution in [3.63, 3.8) is 0 Å². The molecule has 83 valence electrons. The summed E-state index contributed by atoms with van der Waals surface area (Å²) in [5.41, 5.74) is 0. The highest BCUT2D eigenvalue weighted by Crippen LogP contribution is 2.07. The third kappa shape index (κ3) is 9.56. The van der Waals surface area contributed by atoms with E-state index in [2.05, 4.69) is 6.92 Å². The van der Waals surface area contributed by atoms with Gasteiger partial charge in [0.05, 0.1) is 0 Å². The second kappa shape index (κ2) is 10.6. The zero-order valence-electron chi connectivity index (χ0n) is 9.55. The van der Waals surface area contributed by atoms with Gasteiger partial charge in [0.25, 0.3) is 0 Å². The van der Waals surface area contributed by atoms with Gasteiger partial charge in [-0.2, -0.15) is 0 Å². The molecule has 2 heteroatoms. The Morgan fingerprint density at radius 3 is 2.36 bits per heavy atom. The Morgan fingerprint density at radius 1 is 1.07 bits per heavy atom. The Hall–Kier alpha value is -0.530. The van der Waals surface area contributed by atoms with Gasteiger partial charge in [-0.1, -0.05) is 46.0 Å². The van der Waals surface area contributed by atoms with Gasteiger partial charge in [0.1, 0.15) is 6.61 Å². The Kier molecular flexibility index (Phi) is 10.2. The van der Waals surface area contributed by atoms with E-state index in [9.17, 15) is 4.79 Å². The van der Waals surface area contributed by atoms with Gasteiger partial charge in [0.2, 0.25) is 0 Å². The Morgan fingerprint density at radius 2 is 1.71 bits per heavy atom. The van der Waals surface area contributed by atoms with Crippen LogP contribution in [0.1, 0.15) is 65.2 Å². The van der Waals surface area contributed by atoms with Crippen molar-refractivity contribution in [3.8, 4) is 0 Å². The molecule has 0 spiro atoms. The zero-order chi connectivity index (χ0) is 10.6. The summed E-state index contributed by atoms with van der Waals surface area (Å²) in [4.78, 5) is 11.0. The van der Waals surface area contributed by atoms with Gasteiger partial charge >= 0.3 is 5.97 Å². The largest absolute Gasteiger partial charge is 0.458 e. The zero-order valence-corrected chi connectivity index (χ0v) is 9.55. The Labute approximate surface area is 88.0 Å². The lowest BCUT2D eigenvalue weighted by atomic mass is 10.1. The van der Waals surface area contributed by atoms with Crippen LogP contribution in [-0.2, 0) is 9.53 Å². The van der Waals surface area contributed by atoms with Crippen LogP contribution in [0.3, 0.4) is 0 Å². The molecule has 14 heavy (non-hydrogen) atoms. The van der Waals surface area contributed by atoms with Gasteiger partial charge in [-0.3, -0.25) is 4.79 Å². The molecule has 0 aliphatic heterocycles. The van der Waals surface area contributed by atoms with E-state index < -0.39 is 0 Å². The van der Waals surface area contributed by atoms with Crippen LogP contribution in [0, 0.1) is 6.61 Å². The predicted octanol–water partition coefficient (Wildman–Crippen LogP) is 3.85. The van der Waals surface area contributed by atoms with Crippen molar-refractivity contribution < 1.29 is 9.53 Å². The first-order chi connectivity index (χ1) is 6.81. The van der Waals surface area contributed by atoms with E-state index in [1.54, 1.807) is 6.61 Å². The number of carbonyl (C=O) groups is 1. The second-order valence-corrected chi connectivity index (χ2v) is 3.58. The van der Waals surface area contributed by atoms with Crippen LogP contribution in [0.25, 0.3) is 0 Å². The van der Waals surface area contributed by atoms with Crippen molar-refractivity contribution in [3.05, 3.63) is 6.61 Å². The second-order valence-electron chi connectivity index (χ2n) is 3.58. The molecule has 0 aromatic rings. The lowest BCUT2D eigenvalue weighted by Crippen LogP contribution is -2.01. The molecular formula is C12H23O2. The topological polar surface area (TPSA) is 26.3 Å². The summed E-state index contributed by atoms with van der Waals surface area (Å²) in [6.45, 7) is 5.73. The van der Waals surface area contributed by atoms with Gasteiger partial charge in [-0.25, -0.2) is 0 Å². The fraction of sp³-hybridized carbons (Fsp3) is 0.833. The highest BCUT2D eigenvalue weighted by atomic mass is 16.5. The van der Waals surface area contributed by atoms with Crippen molar-refractivity contribution in [1.82, 2.24) is 0 Å². The molecule has 0 heterocycles. The summed E-state index contributed by atoms with van der Waals surface area (Å²) in [6.07, 6.45) is 8.62. The van der Waals surface area contributed by atoms with Gasteiger partial charge in [0.15, 0.2) is 0 Å². The predicted molar refractivity (Wildman–Crippen MR) is 58.7 cm³/mol. The van der Waals surface area contributed by atoms with Gasteiger partial charge in [-0.05, 0) is 12.8 Å². The van der Waals surface area contributed by atoms with Crippen LogP contribution < -0.4 is 0 Å². The maximum absolute atomic E-state index is 11.0. The third-order valence-corrected chi connectivity index (χ3v) is 2.12. The molecule has 2 nitrogen and oxygen atoms in total. The number of rotatable bonds is 9. The third-order valence-electron chi connectivity index (χ3n) is 2.12. The number of hydrogen-bond acceptors (Lipinski definition) is 2. The molecule has 0 N–H and O–H groups in total. The fourth-order valence-corrected chi connectivity index (χ4v) is 1.28. The van der Waals surface area contributed by atoms with E-state index in [0.717, 1.165) is 19.3 Å². The number of carbonyl (C=O) groups excluding carboxylic acids is 1. The van der Waals surface area contributed by atoms with Crippen molar-refractivity contribution in [2.45, 2.75) is 65.2 Å². The first-order valence-electron chi connectivity index (χ1n) is 5.82. The number of ether oxygens (including phenoxy) is 1. The van der Waals surface area contributed by atoms with E-state index in [1.807, 2.05) is 6.92 Å². The Balaban J connectivity index is 3.07. The summed E-state index contributed by atoms with van der Waals surface area (Å²) < 4.78 is 4.85. The molecule has 0 amide bonds. The molecular weight excluding hydrogens is 176 g/mol. The van der Waals surface area contributed by atoms with E-state index in [1.165, 1.54) is 25.7 Å². The highest BCUT2D eigenvalue weighted by molar-refractivity contribution is 5.69. The molecule has 0 unspecified atom stereocenters. The van der Waals surface area contributed by atoms with Crippen molar-refractivity contribution in [1.29, 1.82) is 0 Å². The molecule has 0 rings (SSSR count). The monoisotopic (exact) mass is 199 g/mol. The molecule has 0 aliphatic carbocycles. The molecule has 0 bridgehead atoms. The summed E-state index contributed by atoms with van der Waals surface area (Å²) in [5, 5.41) is 0. The molecule has 0 aromatic carbocycles. The summed E-state index contributed by atoms with van der Waals surface area (Å²) >= 11 is 0. The summed E-state index contributed by atoms with van der Waals surface area (Å²) in [6, 6.07) is 0. The van der Waals surface area contributed by atoms with Gasteiger partial charge < -0.3 is 4.74 Å². The van der Waals surface area contributed by atoms with E-state index >= 15 is 0 Å². The number of unbranched alkanes of at least 4 members (excludes halogenated alkanes) is 5. The van der Waals surface area contributed by atoms with E-state index in [0.29, 0.717) is 6.42 Å². The summed E-state index contributed by atoms with van der Waals surface area (Å²) in [5.74, 6) is -0.0812. The average Bonchev–Trinajstić information content (AvgIpc) is 2.20. The molecule has 0 saturated carbocycles. The normalized spacial score (nSPS) is 10.1. The minimum atomic E-state index is -0.0812. The Bertz CT molecular complexity index is 132. The minimum absolute atomic E-state index is 0.0812. The molecule has 0 aromatic heterocycles. The molecule has 0 saturated heterocycles. The quantitative estimate of drug-likeness (QED) is 0.416. The summed E-state index contributed by atoms with van der Waals surface area (Å²) in [7, 11) is 0. The van der Waals surface area contributed by atoms with Crippen molar-refractivity contribution in [2.75, 3.05) is 0 Å². The standard InChI is InChI=1S/C12H23O2/c1-3-5-6-7-8-9-10-12(13)14-11-4-2/h11H,3-10H2,1-2H3. The fourth-order valence-electron chi connectivity index (χ4n) is 1.28. The number of hydrogen-bond donors (Lipinski definition) is 0. The maximum Gasteiger partial charge on any atom is 0.306 e. The lowest BCUT2D eigenvalue weighted by molar-refractivity contribution is -0.140. The van der Waals surface area contributed by atoms with E-state index in [4.69, 9.17) is 4.74 Å². The van der Waals surface area contributed by atoms with Crippen LogP contribution in [0.5, 0.6) is 0 Å². The van der Waals surface area contributed by atoms with Crippen LogP contribution in [0.4, 0.5) is 0 Å². The minimum Gasteiger partial charge on any atom is -0.458 e. The molecule has 0 fully saturated rings. The lowest BCUT2D eigenvalue weighted by Gasteiger charge is -2.02. The van der Waals surface area contributed by atoms with Crippen LogP contribution >= 0.6 is 0 Å². The van der Waals surface area contributed by atoms with Crippen LogP contribution in [-0.4, -0.2) is 5.97 Å². The first kappa shape index (κ1) is 13.5. The maximum atomic E-state index is 11.0. The SMILES string of the molecule is CC[CH]OC(=O)CCCCCCCC. The van der Waals surface area contributed by atoms with Crippen molar-refractivity contribution in [2.24, 2.45) is 0 Å². The first-order valence-corrected chi connectivity index (χ1v) is 5.82. The molecule has 0 aliphatic rings. The highest BCUT2D eigenvalue weighted by Gasteiger charge is 2.01. The van der Waals surface area contributed by atoms with Gasteiger partial charge in [0, 0.05) is 6.42 Å². The molecule has 0 atom stereocenters. The van der Waals surface area contributed by atoms with E-state index in [-0.39, 0.29) is 5.97 Å². The average molecular weight is 199 g/mol. The van der Waals surface area contributed by atoms with Crippen molar-refractivity contribution >= 4 is 5.97 Å². The van der Waals surface area contributed by atoms with Crippen LogP contribution in [0.2, 0.25) is 0 Å².